The molecule has 2 aromatic heterocycles. The maximum Gasteiger partial charge on any atom is 0.252 e. The van der Waals surface area contributed by atoms with Gasteiger partial charge in [0.15, 0.2) is 0 Å². The lowest BCUT2D eigenvalue weighted by Crippen LogP contribution is -2.56. The van der Waals surface area contributed by atoms with Crippen LogP contribution in [0.4, 0.5) is 5.95 Å². The summed E-state index contributed by atoms with van der Waals surface area (Å²) in [5.74, 6) is 0.636. The molecule has 0 aliphatic carbocycles. The molecule has 7 nitrogen and oxygen atoms in total. The summed E-state index contributed by atoms with van der Waals surface area (Å²) in [6.45, 7) is 2.81. The van der Waals surface area contributed by atoms with Gasteiger partial charge in [-0.2, -0.15) is 0 Å². The van der Waals surface area contributed by atoms with Gasteiger partial charge in [-0.3, -0.25) is 20.1 Å². The number of pyridine rings is 1. The number of hydrogen-bond acceptors (Lipinski definition) is 6. The van der Waals surface area contributed by atoms with Crippen molar-refractivity contribution in [3.05, 3.63) is 51.1 Å². The van der Waals surface area contributed by atoms with Crippen LogP contribution < -0.4 is 21.1 Å². The molecule has 0 bridgehead atoms. The molecule has 0 saturated carbocycles. The molecule has 4 rings (SSSR count). The second-order valence-electron chi connectivity index (χ2n) is 6.63. The van der Waals surface area contributed by atoms with Gasteiger partial charge in [0.1, 0.15) is 0 Å². The quantitative estimate of drug-likeness (QED) is 0.708. The molecule has 1 atom stereocenters. The van der Waals surface area contributed by atoms with Gasteiger partial charge in [0.25, 0.3) is 5.56 Å². The summed E-state index contributed by atoms with van der Waals surface area (Å²) in [5.41, 5.74) is 0.835. The highest BCUT2D eigenvalue weighted by molar-refractivity contribution is 9.10. The van der Waals surface area contributed by atoms with Crippen LogP contribution in [-0.4, -0.2) is 46.3 Å². The van der Waals surface area contributed by atoms with Crippen LogP contribution in [0.25, 0.3) is 0 Å². The van der Waals surface area contributed by atoms with Crippen molar-refractivity contribution >= 4 is 21.9 Å². The van der Waals surface area contributed by atoms with E-state index in [0.717, 1.165) is 49.1 Å². The molecule has 1 unspecified atom stereocenters. The van der Waals surface area contributed by atoms with Gasteiger partial charge in [-0.25, -0.2) is 4.98 Å². The fraction of sp³-hybridized carbons (Fsp3) is 0.471. The van der Waals surface area contributed by atoms with Crippen molar-refractivity contribution in [2.24, 2.45) is 0 Å². The Balaban J connectivity index is 1.70. The lowest BCUT2D eigenvalue weighted by atomic mass is 9.87. The van der Waals surface area contributed by atoms with Crippen LogP contribution in [0.5, 0.6) is 0 Å². The Hall–Kier alpha value is -1.77. The number of H-pyrrole nitrogens is 1. The first-order valence-electron chi connectivity index (χ1n) is 8.56. The molecule has 132 valence electrons. The Bertz CT molecular complexity index is 803. The summed E-state index contributed by atoms with van der Waals surface area (Å²) in [5, 5.41) is 7.06. The van der Waals surface area contributed by atoms with E-state index in [1.807, 2.05) is 18.3 Å². The van der Waals surface area contributed by atoms with Gasteiger partial charge >= 0.3 is 0 Å². The Morgan fingerprint density at radius 2 is 2.08 bits per heavy atom. The van der Waals surface area contributed by atoms with Gasteiger partial charge in [0, 0.05) is 35.9 Å². The van der Waals surface area contributed by atoms with Gasteiger partial charge in [0.2, 0.25) is 5.95 Å². The summed E-state index contributed by atoms with van der Waals surface area (Å²) >= 11 is 3.59. The maximum atomic E-state index is 11.9. The van der Waals surface area contributed by atoms with Crippen molar-refractivity contribution in [2.45, 2.75) is 31.0 Å². The van der Waals surface area contributed by atoms with E-state index >= 15 is 0 Å². The number of halogens is 1. The van der Waals surface area contributed by atoms with Gasteiger partial charge in [-0.05, 0) is 54.0 Å². The minimum absolute atomic E-state index is 0.0333. The summed E-state index contributed by atoms with van der Waals surface area (Å²) in [6.07, 6.45) is 6.18. The second-order valence-corrected chi connectivity index (χ2v) is 7.49. The van der Waals surface area contributed by atoms with Gasteiger partial charge in [0.05, 0.1) is 17.4 Å². The number of anilines is 1. The van der Waals surface area contributed by atoms with Crippen LogP contribution in [0.1, 0.15) is 18.5 Å². The zero-order valence-corrected chi connectivity index (χ0v) is 15.4. The van der Waals surface area contributed by atoms with E-state index < -0.39 is 0 Å². The van der Waals surface area contributed by atoms with E-state index in [0.29, 0.717) is 5.95 Å². The third-order valence-corrected chi connectivity index (χ3v) is 5.85. The summed E-state index contributed by atoms with van der Waals surface area (Å²) in [6, 6.07) is 5.37. The fourth-order valence-corrected chi connectivity index (χ4v) is 4.31. The molecule has 0 radical (unpaired) electrons. The van der Waals surface area contributed by atoms with Crippen LogP contribution in [-0.2, 0) is 6.42 Å². The number of aromatic nitrogens is 3. The largest absolute Gasteiger partial charge is 0.319 e. The maximum absolute atomic E-state index is 11.9. The molecule has 4 heterocycles. The van der Waals surface area contributed by atoms with Crippen molar-refractivity contribution in [1.82, 2.24) is 25.6 Å². The molecular weight excluding hydrogens is 384 g/mol. The number of aromatic amines is 1. The Kier molecular flexibility index (Phi) is 4.58. The Labute approximate surface area is 154 Å². The Morgan fingerprint density at radius 1 is 1.24 bits per heavy atom. The minimum atomic E-state index is -0.126. The van der Waals surface area contributed by atoms with E-state index in [1.54, 1.807) is 6.20 Å². The molecule has 0 amide bonds. The van der Waals surface area contributed by atoms with E-state index in [-0.39, 0.29) is 17.3 Å². The van der Waals surface area contributed by atoms with Crippen molar-refractivity contribution in [3.63, 3.8) is 0 Å². The molecule has 2 aromatic rings. The van der Waals surface area contributed by atoms with Crippen molar-refractivity contribution in [2.75, 3.05) is 24.5 Å². The highest BCUT2D eigenvalue weighted by Gasteiger charge is 2.47. The average Bonchev–Trinajstić information content (AvgIpc) is 2.95. The lowest BCUT2D eigenvalue weighted by molar-refractivity contribution is 0.318. The van der Waals surface area contributed by atoms with E-state index in [1.165, 1.54) is 6.07 Å². The lowest BCUT2D eigenvalue weighted by Gasteiger charge is -2.43. The number of rotatable bonds is 3. The number of piperidine rings is 1. The monoisotopic (exact) mass is 404 g/mol. The van der Waals surface area contributed by atoms with Crippen molar-refractivity contribution < 1.29 is 0 Å². The van der Waals surface area contributed by atoms with Crippen LogP contribution in [0.2, 0.25) is 0 Å². The van der Waals surface area contributed by atoms with E-state index in [4.69, 9.17) is 0 Å². The SMILES string of the molecule is O=c1ccnc(N2C(Cc3ncccc3Br)NCC23CCNCC3)[nH]1. The normalized spacial score (nSPS) is 22.4. The predicted molar refractivity (Wildman–Crippen MR) is 99.6 cm³/mol. The van der Waals surface area contributed by atoms with Gasteiger partial charge < -0.3 is 10.2 Å². The zero-order valence-electron chi connectivity index (χ0n) is 13.8. The molecule has 0 aromatic carbocycles. The zero-order chi connectivity index (χ0) is 17.3. The van der Waals surface area contributed by atoms with Gasteiger partial charge in [-0.1, -0.05) is 0 Å². The molecule has 25 heavy (non-hydrogen) atoms. The molecule has 2 fully saturated rings. The predicted octanol–water partition coefficient (Wildman–Crippen LogP) is 1.03. The third-order valence-electron chi connectivity index (χ3n) is 5.13. The summed E-state index contributed by atoms with van der Waals surface area (Å²) < 4.78 is 0.998. The summed E-state index contributed by atoms with van der Waals surface area (Å²) in [4.78, 5) is 26.0. The van der Waals surface area contributed by atoms with Crippen LogP contribution in [0, 0.1) is 0 Å². The number of nitrogens with one attached hydrogen (secondary N) is 3. The van der Waals surface area contributed by atoms with Gasteiger partial charge in [-0.15, -0.1) is 0 Å². The Morgan fingerprint density at radius 3 is 2.84 bits per heavy atom. The van der Waals surface area contributed by atoms with Crippen LogP contribution in [0.3, 0.4) is 0 Å². The fourth-order valence-electron chi connectivity index (χ4n) is 3.89. The first-order chi connectivity index (χ1) is 12.2. The van der Waals surface area contributed by atoms with Crippen LogP contribution >= 0.6 is 15.9 Å². The smallest absolute Gasteiger partial charge is 0.252 e. The molecule has 3 N–H and O–H groups in total. The standard InChI is InChI=1S/C17H21BrN6O/c18-12-2-1-6-20-13(12)10-14-22-11-17(4-8-19-9-5-17)24(14)16-21-7-3-15(25)23-16/h1-3,6-7,14,19,22H,4-5,8-11H2,(H,21,23,25). The second kappa shape index (κ2) is 6.86. The average molecular weight is 405 g/mol. The topological polar surface area (TPSA) is 85.9 Å². The molecular formula is C17H21BrN6O. The minimum Gasteiger partial charge on any atom is -0.319 e. The highest BCUT2D eigenvalue weighted by atomic mass is 79.9. The van der Waals surface area contributed by atoms with Crippen molar-refractivity contribution in [3.8, 4) is 0 Å². The van der Waals surface area contributed by atoms with E-state index in [9.17, 15) is 4.79 Å². The van der Waals surface area contributed by atoms with Crippen LogP contribution in [0.15, 0.2) is 39.9 Å². The number of hydrogen-bond donors (Lipinski definition) is 3. The molecule has 2 saturated heterocycles. The summed E-state index contributed by atoms with van der Waals surface area (Å²) in [7, 11) is 0. The third kappa shape index (κ3) is 3.21. The van der Waals surface area contributed by atoms with Crippen molar-refractivity contribution in [1.29, 1.82) is 0 Å². The van der Waals surface area contributed by atoms with E-state index in [2.05, 4.69) is 46.4 Å². The molecule has 1 spiro atoms. The first kappa shape index (κ1) is 16.7. The number of nitrogens with zero attached hydrogens (tertiary/aromatic N) is 3. The molecule has 2 aliphatic heterocycles. The molecule has 2 aliphatic rings. The highest BCUT2D eigenvalue weighted by Crippen LogP contribution is 2.35. The first-order valence-corrected chi connectivity index (χ1v) is 9.35. The molecule has 8 heteroatoms.